The Balaban J connectivity index is 1.88. The van der Waals surface area contributed by atoms with Crippen LogP contribution < -0.4 is 15.8 Å². The van der Waals surface area contributed by atoms with Crippen molar-refractivity contribution in [1.82, 2.24) is 10.3 Å². The van der Waals surface area contributed by atoms with Gasteiger partial charge in [-0.2, -0.15) is 0 Å². The first-order chi connectivity index (χ1) is 11.5. The van der Waals surface area contributed by atoms with Gasteiger partial charge in [0.05, 0.1) is 22.3 Å². The summed E-state index contributed by atoms with van der Waals surface area (Å²) >= 11 is 4.64. The van der Waals surface area contributed by atoms with E-state index in [0.29, 0.717) is 16.4 Å². The van der Waals surface area contributed by atoms with Crippen molar-refractivity contribution in [2.24, 2.45) is 5.73 Å². The summed E-state index contributed by atoms with van der Waals surface area (Å²) in [5.41, 5.74) is 5.03. The number of carbonyl (C=O) groups is 2. The van der Waals surface area contributed by atoms with Crippen molar-refractivity contribution >= 4 is 49.2 Å². The molecule has 6 nitrogen and oxygen atoms in total. The number of hydrogen-bond donors (Lipinski definition) is 2. The predicted octanol–water partition coefficient (Wildman–Crippen LogP) is 3.07. The van der Waals surface area contributed by atoms with Gasteiger partial charge in [-0.15, -0.1) is 11.3 Å². The number of primary amides is 1. The molecule has 3 N–H and O–H groups in total. The highest BCUT2D eigenvalue weighted by Gasteiger charge is 2.14. The quantitative estimate of drug-likeness (QED) is 0.681. The van der Waals surface area contributed by atoms with Crippen molar-refractivity contribution in [1.29, 1.82) is 0 Å². The molecule has 122 valence electrons. The fourth-order valence-electron chi connectivity index (χ4n) is 2.01. The van der Waals surface area contributed by atoms with Gasteiger partial charge in [-0.1, -0.05) is 15.9 Å². The number of nitrogens with zero attached hydrogens (tertiary/aromatic N) is 1. The van der Waals surface area contributed by atoms with Gasteiger partial charge in [0.15, 0.2) is 5.75 Å². The van der Waals surface area contributed by atoms with E-state index in [-0.39, 0.29) is 12.5 Å². The molecule has 3 rings (SSSR count). The van der Waals surface area contributed by atoms with Gasteiger partial charge in [0.2, 0.25) is 5.91 Å². The van der Waals surface area contributed by atoms with E-state index >= 15 is 0 Å². The summed E-state index contributed by atoms with van der Waals surface area (Å²) in [4.78, 5) is 27.4. The molecule has 8 heteroatoms. The number of pyridine rings is 1. The number of halogens is 1. The Hall–Kier alpha value is -2.45. The number of amides is 2. The summed E-state index contributed by atoms with van der Waals surface area (Å²) in [7, 11) is 0. The summed E-state index contributed by atoms with van der Waals surface area (Å²) in [6.45, 7) is -0.201. The Kier molecular flexibility index (Phi) is 4.77. The van der Waals surface area contributed by atoms with E-state index in [1.807, 2.05) is 24.3 Å². The van der Waals surface area contributed by atoms with E-state index in [4.69, 9.17) is 10.5 Å². The fraction of sp³-hybridized carbons (Fsp3) is 0.0625. The van der Waals surface area contributed by atoms with E-state index in [1.165, 1.54) is 11.3 Å². The molecular formula is C16H12BrN3O3S. The smallest absolute Gasteiger partial charge is 0.261 e. The summed E-state index contributed by atoms with van der Waals surface area (Å²) in [6.07, 6.45) is 3.27. The molecule has 3 aromatic rings. The molecule has 0 atom stereocenters. The summed E-state index contributed by atoms with van der Waals surface area (Å²) in [6, 6.07) is 9.12. The van der Waals surface area contributed by atoms with Crippen LogP contribution in [0.25, 0.3) is 10.1 Å². The third-order valence-electron chi connectivity index (χ3n) is 3.10. The Labute approximate surface area is 149 Å². The van der Waals surface area contributed by atoms with Crippen LogP contribution in [0.3, 0.4) is 0 Å². The van der Waals surface area contributed by atoms with Crippen LogP contribution in [0.2, 0.25) is 0 Å². The maximum Gasteiger partial charge on any atom is 0.261 e. The average molecular weight is 406 g/mol. The molecule has 2 aromatic heterocycles. The zero-order valence-electron chi connectivity index (χ0n) is 12.3. The largest absolute Gasteiger partial charge is 0.455 e. The van der Waals surface area contributed by atoms with Crippen molar-refractivity contribution in [3.8, 4) is 11.5 Å². The SMILES string of the molecule is NC(=O)CNC(=O)c1cc2c(Oc3ccc(Br)cc3)cncc2s1. The van der Waals surface area contributed by atoms with Gasteiger partial charge in [0.1, 0.15) is 5.75 Å². The van der Waals surface area contributed by atoms with E-state index < -0.39 is 5.91 Å². The maximum atomic E-state index is 12.1. The van der Waals surface area contributed by atoms with E-state index in [0.717, 1.165) is 14.6 Å². The van der Waals surface area contributed by atoms with Crippen molar-refractivity contribution in [2.45, 2.75) is 0 Å². The minimum atomic E-state index is -0.592. The predicted molar refractivity (Wildman–Crippen MR) is 95.4 cm³/mol. The molecule has 0 fully saturated rings. The number of rotatable bonds is 5. The standard InChI is InChI=1S/C16H12BrN3O3S/c17-9-1-3-10(4-2-9)23-12-6-19-7-14-11(12)5-13(24-14)16(22)20-8-15(18)21/h1-7H,8H2,(H2,18,21)(H,20,22). The molecule has 0 bridgehead atoms. The molecule has 0 aliphatic rings. The first-order valence-electron chi connectivity index (χ1n) is 6.90. The molecule has 24 heavy (non-hydrogen) atoms. The van der Waals surface area contributed by atoms with E-state index in [1.54, 1.807) is 18.5 Å². The van der Waals surface area contributed by atoms with Crippen molar-refractivity contribution in [3.63, 3.8) is 0 Å². The van der Waals surface area contributed by atoms with Gasteiger partial charge >= 0.3 is 0 Å². The lowest BCUT2D eigenvalue weighted by atomic mass is 10.2. The van der Waals surface area contributed by atoms with Crippen LogP contribution in [0.5, 0.6) is 11.5 Å². The molecule has 0 saturated carbocycles. The zero-order chi connectivity index (χ0) is 17.1. The fourth-order valence-corrected chi connectivity index (χ4v) is 3.24. The van der Waals surface area contributed by atoms with Crippen LogP contribution >= 0.6 is 27.3 Å². The highest BCUT2D eigenvalue weighted by molar-refractivity contribution is 9.10. The van der Waals surface area contributed by atoms with Crippen molar-refractivity contribution in [2.75, 3.05) is 6.54 Å². The molecule has 0 saturated heterocycles. The molecule has 2 heterocycles. The normalized spacial score (nSPS) is 10.5. The third-order valence-corrected chi connectivity index (χ3v) is 4.70. The zero-order valence-corrected chi connectivity index (χ0v) is 14.7. The molecular weight excluding hydrogens is 394 g/mol. The lowest BCUT2D eigenvalue weighted by Gasteiger charge is -2.06. The summed E-state index contributed by atoms with van der Waals surface area (Å²) < 4.78 is 7.62. The molecule has 1 aromatic carbocycles. The first kappa shape index (κ1) is 16.4. The van der Waals surface area contributed by atoms with Crippen LogP contribution in [0.1, 0.15) is 9.67 Å². The number of nitrogens with two attached hydrogens (primary N) is 1. The van der Waals surface area contributed by atoms with Gasteiger partial charge in [-0.25, -0.2) is 0 Å². The molecule has 0 spiro atoms. The summed E-state index contributed by atoms with van der Waals surface area (Å²) in [5.74, 6) is 0.272. The number of fused-ring (bicyclic) bond motifs is 1. The minimum absolute atomic E-state index is 0.201. The lowest BCUT2D eigenvalue weighted by molar-refractivity contribution is -0.117. The number of thiophene rings is 1. The highest BCUT2D eigenvalue weighted by atomic mass is 79.9. The van der Waals surface area contributed by atoms with Gasteiger partial charge in [-0.3, -0.25) is 14.6 Å². The number of nitrogens with one attached hydrogen (secondary N) is 1. The van der Waals surface area contributed by atoms with Crippen LogP contribution in [-0.4, -0.2) is 23.3 Å². The average Bonchev–Trinajstić information content (AvgIpc) is 3.00. The molecule has 0 unspecified atom stereocenters. The second-order valence-electron chi connectivity index (χ2n) is 4.87. The van der Waals surface area contributed by atoms with Gasteiger partial charge in [0.25, 0.3) is 5.91 Å². The van der Waals surface area contributed by atoms with E-state index in [2.05, 4.69) is 26.2 Å². The second kappa shape index (κ2) is 6.98. The number of carbonyl (C=O) groups excluding carboxylic acids is 2. The minimum Gasteiger partial charge on any atom is -0.455 e. The Morgan fingerprint density at radius 1 is 1.25 bits per heavy atom. The number of aromatic nitrogens is 1. The number of benzene rings is 1. The lowest BCUT2D eigenvalue weighted by Crippen LogP contribution is -2.32. The topological polar surface area (TPSA) is 94.3 Å². The Morgan fingerprint density at radius 3 is 2.71 bits per heavy atom. The first-order valence-corrected chi connectivity index (χ1v) is 8.51. The van der Waals surface area contributed by atoms with Gasteiger partial charge in [0, 0.05) is 16.1 Å². The number of ether oxygens (including phenoxy) is 1. The third kappa shape index (κ3) is 3.72. The summed E-state index contributed by atoms with van der Waals surface area (Å²) in [5, 5.41) is 3.25. The highest BCUT2D eigenvalue weighted by Crippen LogP contribution is 2.34. The van der Waals surface area contributed by atoms with Gasteiger partial charge < -0.3 is 15.8 Å². The van der Waals surface area contributed by atoms with Crippen molar-refractivity contribution in [3.05, 3.63) is 52.1 Å². The van der Waals surface area contributed by atoms with Crippen LogP contribution in [-0.2, 0) is 4.79 Å². The second-order valence-corrected chi connectivity index (χ2v) is 6.86. The Bertz CT molecular complexity index is 909. The van der Waals surface area contributed by atoms with Gasteiger partial charge in [-0.05, 0) is 30.3 Å². The molecule has 0 aliphatic carbocycles. The number of hydrogen-bond acceptors (Lipinski definition) is 5. The monoisotopic (exact) mass is 405 g/mol. The molecule has 0 aliphatic heterocycles. The van der Waals surface area contributed by atoms with Crippen LogP contribution in [0.15, 0.2) is 47.2 Å². The Morgan fingerprint density at radius 2 is 2.00 bits per heavy atom. The van der Waals surface area contributed by atoms with Crippen molar-refractivity contribution < 1.29 is 14.3 Å². The maximum absolute atomic E-state index is 12.1. The molecule has 0 radical (unpaired) electrons. The van der Waals surface area contributed by atoms with Crippen LogP contribution in [0, 0.1) is 0 Å². The molecule has 2 amide bonds. The van der Waals surface area contributed by atoms with E-state index in [9.17, 15) is 9.59 Å². The van der Waals surface area contributed by atoms with Crippen LogP contribution in [0.4, 0.5) is 0 Å².